The molecule has 1 amide bonds. The summed E-state index contributed by atoms with van der Waals surface area (Å²) in [6.45, 7) is 6.61. The van der Waals surface area contributed by atoms with Crippen molar-refractivity contribution < 1.29 is 27.9 Å². The Morgan fingerprint density at radius 2 is 1.68 bits per heavy atom. The number of carbonyl (C=O) groups is 2. The van der Waals surface area contributed by atoms with Crippen LogP contribution in [0.4, 0.5) is 13.2 Å². The molecule has 0 radical (unpaired) electrons. The van der Waals surface area contributed by atoms with Crippen molar-refractivity contribution in [2.75, 3.05) is 19.6 Å². The first-order valence-corrected chi connectivity index (χ1v) is 12.5. The van der Waals surface area contributed by atoms with E-state index in [1.807, 2.05) is 0 Å². The minimum absolute atomic E-state index is 0.114. The number of nitrogens with zero attached hydrogens (tertiary/aromatic N) is 2. The van der Waals surface area contributed by atoms with E-state index in [0.717, 1.165) is 31.7 Å². The van der Waals surface area contributed by atoms with Gasteiger partial charge in [0.05, 0.1) is 0 Å². The highest BCUT2D eigenvalue weighted by atomic mass is 19.4. The summed E-state index contributed by atoms with van der Waals surface area (Å²) in [5, 5.41) is 7.12. The van der Waals surface area contributed by atoms with Crippen molar-refractivity contribution in [3.05, 3.63) is 35.4 Å². The van der Waals surface area contributed by atoms with Gasteiger partial charge in [-0.15, -0.1) is 0 Å². The third-order valence-corrected chi connectivity index (χ3v) is 7.63. The number of carboxylic acids is 1. The summed E-state index contributed by atoms with van der Waals surface area (Å²) in [4.78, 5) is 26.6. The predicted molar refractivity (Wildman–Crippen MR) is 124 cm³/mol. The quantitative estimate of drug-likeness (QED) is 0.611. The maximum absolute atomic E-state index is 12.7. The fourth-order valence-corrected chi connectivity index (χ4v) is 5.68. The van der Waals surface area contributed by atoms with E-state index in [9.17, 15) is 18.0 Å². The van der Waals surface area contributed by atoms with Gasteiger partial charge in [-0.1, -0.05) is 49.1 Å². The highest BCUT2D eigenvalue weighted by Gasteiger charge is 2.45. The summed E-state index contributed by atoms with van der Waals surface area (Å²) in [7, 11) is 0. The molecule has 3 aliphatic rings. The maximum atomic E-state index is 12.7. The van der Waals surface area contributed by atoms with Gasteiger partial charge in [-0.2, -0.15) is 13.2 Å². The first-order valence-electron chi connectivity index (χ1n) is 12.5. The van der Waals surface area contributed by atoms with Crippen LogP contribution in [-0.2, 0) is 16.1 Å². The number of halogens is 3. The lowest BCUT2D eigenvalue weighted by Gasteiger charge is -2.38. The van der Waals surface area contributed by atoms with E-state index in [2.05, 4.69) is 41.0 Å². The molecular weight excluding hydrogens is 445 g/mol. The predicted octanol–water partition coefficient (Wildman–Crippen LogP) is 5.56. The molecule has 1 unspecified atom stereocenters. The Labute approximate surface area is 200 Å². The average molecular weight is 483 g/mol. The highest BCUT2D eigenvalue weighted by Crippen LogP contribution is 2.40. The molecule has 1 spiro atoms. The van der Waals surface area contributed by atoms with Crippen molar-refractivity contribution in [1.82, 2.24) is 9.80 Å². The number of alkyl halides is 3. The first-order chi connectivity index (χ1) is 16.1. The largest absolute Gasteiger partial charge is 0.490 e. The van der Waals surface area contributed by atoms with Gasteiger partial charge in [-0.05, 0) is 63.5 Å². The molecule has 1 atom stereocenters. The van der Waals surface area contributed by atoms with Crippen LogP contribution in [0.3, 0.4) is 0 Å². The molecule has 1 saturated carbocycles. The average Bonchev–Trinajstić information content (AvgIpc) is 2.95. The lowest BCUT2D eigenvalue weighted by molar-refractivity contribution is -0.192. The third-order valence-electron chi connectivity index (χ3n) is 7.63. The molecule has 1 aromatic rings. The Bertz CT molecular complexity index is 822. The Balaban J connectivity index is 0.000000406. The molecule has 1 aromatic carbocycles. The van der Waals surface area contributed by atoms with Gasteiger partial charge in [0, 0.05) is 31.6 Å². The number of likely N-dealkylation sites (tertiary alicyclic amines) is 2. The number of benzene rings is 1. The Morgan fingerprint density at radius 3 is 2.29 bits per heavy atom. The van der Waals surface area contributed by atoms with Gasteiger partial charge in [0.2, 0.25) is 5.91 Å². The zero-order chi connectivity index (χ0) is 24.8. The molecule has 190 valence electrons. The van der Waals surface area contributed by atoms with E-state index in [4.69, 9.17) is 9.90 Å². The normalized spacial score (nSPS) is 24.6. The summed E-state index contributed by atoms with van der Waals surface area (Å²) in [6, 6.07) is 8.73. The van der Waals surface area contributed by atoms with Crippen molar-refractivity contribution in [1.29, 1.82) is 0 Å². The number of hydrogen-bond acceptors (Lipinski definition) is 3. The van der Waals surface area contributed by atoms with E-state index in [-0.39, 0.29) is 5.54 Å². The third kappa shape index (κ3) is 7.20. The van der Waals surface area contributed by atoms with Crippen molar-refractivity contribution in [2.45, 2.75) is 89.4 Å². The zero-order valence-electron chi connectivity index (χ0n) is 20.1. The number of aryl methyl sites for hydroxylation is 1. The summed E-state index contributed by atoms with van der Waals surface area (Å²) < 4.78 is 31.7. The van der Waals surface area contributed by atoms with E-state index < -0.39 is 12.1 Å². The van der Waals surface area contributed by atoms with Crippen LogP contribution in [0.15, 0.2) is 24.3 Å². The number of rotatable bonds is 4. The SMILES string of the molecule is Cc1ccc(CN2C(=O)CCC23CCCN(CC2CCCCC2)CC3)cc1.O=C(O)C(F)(F)F. The molecular formula is C26H37F3N2O3. The van der Waals surface area contributed by atoms with Gasteiger partial charge < -0.3 is 14.9 Å². The van der Waals surface area contributed by atoms with E-state index in [1.54, 1.807) is 0 Å². The molecule has 34 heavy (non-hydrogen) atoms. The van der Waals surface area contributed by atoms with Gasteiger partial charge >= 0.3 is 12.1 Å². The molecule has 1 N–H and O–H groups in total. The van der Waals surface area contributed by atoms with Crippen molar-refractivity contribution in [2.24, 2.45) is 5.92 Å². The molecule has 3 fully saturated rings. The lowest BCUT2D eigenvalue weighted by atomic mass is 9.87. The first kappa shape index (κ1) is 26.5. The highest BCUT2D eigenvalue weighted by molar-refractivity contribution is 5.79. The van der Waals surface area contributed by atoms with Crippen molar-refractivity contribution in [3.8, 4) is 0 Å². The van der Waals surface area contributed by atoms with Gasteiger partial charge in [0.15, 0.2) is 0 Å². The molecule has 5 nitrogen and oxygen atoms in total. The van der Waals surface area contributed by atoms with Crippen LogP contribution < -0.4 is 0 Å². The second kappa shape index (κ2) is 11.6. The molecule has 0 aromatic heterocycles. The van der Waals surface area contributed by atoms with Gasteiger partial charge in [-0.3, -0.25) is 4.79 Å². The second-order valence-corrected chi connectivity index (χ2v) is 10.2. The van der Waals surface area contributed by atoms with Crippen molar-refractivity contribution in [3.63, 3.8) is 0 Å². The fraction of sp³-hybridized carbons (Fsp3) is 0.692. The summed E-state index contributed by atoms with van der Waals surface area (Å²) in [5.74, 6) is -1.47. The molecule has 8 heteroatoms. The van der Waals surface area contributed by atoms with Crippen LogP contribution in [0.5, 0.6) is 0 Å². The van der Waals surface area contributed by atoms with Gasteiger partial charge in [0.25, 0.3) is 0 Å². The second-order valence-electron chi connectivity index (χ2n) is 10.2. The number of amides is 1. The molecule has 0 bridgehead atoms. The summed E-state index contributed by atoms with van der Waals surface area (Å²) in [5.41, 5.74) is 2.68. The smallest absolute Gasteiger partial charge is 0.475 e. The minimum Gasteiger partial charge on any atom is -0.475 e. The Morgan fingerprint density at radius 1 is 1.03 bits per heavy atom. The minimum atomic E-state index is -5.08. The molecule has 2 heterocycles. The van der Waals surface area contributed by atoms with Gasteiger partial charge in [-0.25, -0.2) is 4.79 Å². The standard InChI is InChI=1S/C24H36N2O.C2HF3O2/c1-20-8-10-22(11-9-20)19-26-23(27)12-14-24(26)13-5-16-25(17-15-24)18-21-6-3-2-4-7-21;3-2(4,5)1(6)7/h8-11,21H,2-7,12-19H2,1H3;(H,6,7). The Kier molecular flexibility index (Phi) is 9.01. The van der Waals surface area contributed by atoms with Crippen molar-refractivity contribution >= 4 is 11.9 Å². The number of hydrogen-bond donors (Lipinski definition) is 1. The van der Waals surface area contributed by atoms with Crippen LogP contribution >= 0.6 is 0 Å². The topological polar surface area (TPSA) is 60.9 Å². The molecule has 4 rings (SSSR count). The molecule has 2 saturated heterocycles. The van der Waals surface area contributed by atoms with Crippen LogP contribution in [0.1, 0.15) is 75.3 Å². The number of aliphatic carboxylic acids is 1. The van der Waals surface area contributed by atoms with Crippen LogP contribution in [0, 0.1) is 12.8 Å². The maximum Gasteiger partial charge on any atom is 0.490 e. The van der Waals surface area contributed by atoms with Crippen LogP contribution in [0.25, 0.3) is 0 Å². The summed E-state index contributed by atoms with van der Waals surface area (Å²) in [6.07, 6.45) is 7.48. The van der Waals surface area contributed by atoms with E-state index >= 15 is 0 Å². The van der Waals surface area contributed by atoms with E-state index in [1.165, 1.54) is 75.7 Å². The summed E-state index contributed by atoms with van der Waals surface area (Å²) >= 11 is 0. The number of carbonyl (C=O) groups excluding carboxylic acids is 1. The molecule has 1 aliphatic carbocycles. The van der Waals surface area contributed by atoms with E-state index in [0.29, 0.717) is 5.91 Å². The van der Waals surface area contributed by atoms with Crippen LogP contribution in [-0.4, -0.2) is 58.1 Å². The Hall–Kier alpha value is -2.09. The van der Waals surface area contributed by atoms with Crippen LogP contribution in [0.2, 0.25) is 0 Å². The molecule has 2 aliphatic heterocycles. The van der Waals surface area contributed by atoms with Gasteiger partial charge in [0.1, 0.15) is 0 Å². The fourth-order valence-electron chi connectivity index (χ4n) is 5.68. The zero-order valence-corrected chi connectivity index (χ0v) is 20.1. The number of carboxylic acid groups (broad SMARTS) is 1. The lowest BCUT2D eigenvalue weighted by Crippen LogP contribution is -2.46. The monoisotopic (exact) mass is 482 g/mol.